The molecule has 0 bridgehead atoms. The summed E-state index contributed by atoms with van der Waals surface area (Å²) in [4.78, 5) is 51.4. The van der Waals surface area contributed by atoms with Gasteiger partial charge in [0.2, 0.25) is 0 Å². The van der Waals surface area contributed by atoms with Crippen molar-refractivity contribution in [2.75, 3.05) is 26.4 Å². The highest BCUT2D eigenvalue weighted by Gasteiger charge is 2.35. The number of hydrogen-bond acceptors (Lipinski definition) is 8. The van der Waals surface area contributed by atoms with Crippen LogP contribution in [0.25, 0.3) is 10.8 Å². The van der Waals surface area contributed by atoms with E-state index in [0.717, 1.165) is 0 Å². The Balaban J connectivity index is 3.09. The molecule has 0 amide bonds. The van der Waals surface area contributed by atoms with E-state index in [4.69, 9.17) is 18.9 Å². The molecule has 0 atom stereocenters. The summed E-state index contributed by atoms with van der Waals surface area (Å²) in [5, 5.41) is 0.519. The molecule has 0 aliphatic rings. The van der Waals surface area contributed by atoms with Crippen molar-refractivity contribution in [3.8, 4) is 0 Å². The Morgan fingerprint density at radius 3 is 1.07 bits per heavy atom. The third-order valence-electron chi connectivity index (χ3n) is 4.13. The normalized spacial score (nSPS) is 10.4. The second kappa shape index (κ2) is 10.4. The summed E-state index contributed by atoms with van der Waals surface area (Å²) in [6, 6.07) is 6.39. The second-order valence-corrected chi connectivity index (χ2v) is 5.93. The monoisotopic (exact) mass is 416 g/mol. The van der Waals surface area contributed by atoms with E-state index in [0.29, 0.717) is 0 Å². The van der Waals surface area contributed by atoms with Crippen LogP contribution in [0.2, 0.25) is 0 Å². The highest BCUT2D eigenvalue weighted by molar-refractivity contribution is 6.24. The van der Waals surface area contributed by atoms with Crippen molar-refractivity contribution >= 4 is 34.6 Å². The van der Waals surface area contributed by atoms with Crippen LogP contribution in [0.3, 0.4) is 0 Å². The quantitative estimate of drug-likeness (QED) is 0.475. The molecule has 2 aromatic rings. The van der Waals surface area contributed by atoms with Gasteiger partial charge >= 0.3 is 23.9 Å². The minimum atomic E-state index is -0.945. The van der Waals surface area contributed by atoms with E-state index < -0.39 is 23.9 Å². The Morgan fingerprint density at radius 1 is 0.533 bits per heavy atom. The first kappa shape index (κ1) is 22.9. The third-order valence-corrected chi connectivity index (χ3v) is 4.13. The van der Waals surface area contributed by atoms with E-state index in [1.807, 2.05) is 0 Å². The summed E-state index contributed by atoms with van der Waals surface area (Å²) in [6.45, 7) is 6.47. The molecule has 0 fully saturated rings. The van der Waals surface area contributed by atoms with E-state index >= 15 is 0 Å². The van der Waals surface area contributed by atoms with Crippen molar-refractivity contribution in [1.82, 2.24) is 0 Å². The molecule has 0 spiro atoms. The van der Waals surface area contributed by atoms with Gasteiger partial charge in [0.15, 0.2) is 0 Å². The number of carbonyl (C=O) groups is 4. The van der Waals surface area contributed by atoms with E-state index in [9.17, 15) is 19.2 Å². The Kier molecular flexibility index (Phi) is 7.91. The number of rotatable bonds is 8. The van der Waals surface area contributed by atoms with Crippen LogP contribution in [0.4, 0.5) is 0 Å². The van der Waals surface area contributed by atoms with Crippen molar-refractivity contribution in [3.63, 3.8) is 0 Å². The van der Waals surface area contributed by atoms with Crippen molar-refractivity contribution < 1.29 is 38.1 Å². The zero-order valence-electron chi connectivity index (χ0n) is 17.4. The molecule has 30 heavy (non-hydrogen) atoms. The van der Waals surface area contributed by atoms with Crippen LogP contribution in [0.15, 0.2) is 24.3 Å². The van der Waals surface area contributed by atoms with E-state index in [1.54, 1.807) is 52.0 Å². The topological polar surface area (TPSA) is 105 Å². The number of ether oxygens (including phenoxy) is 4. The van der Waals surface area contributed by atoms with Gasteiger partial charge in [-0.05, 0) is 38.5 Å². The molecule has 0 aliphatic carbocycles. The maximum absolute atomic E-state index is 12.9. The van der Waals surface area contributed by atoms with Crippen LogP contribution in [-0.4, -0.2) is 50.3 Å². The lowest BCUT2D eigenvalue weighted by molar-refractivity contribution is 0.0446. The van der Waals surface area contributed by atoms with Crippen LogP contribution in [-0.2, 0) is 18.9 Å². The summed E-state index contributed by atoms with van der Waals surface area (Å²) in [5.74, 6) is -3.53. The van der Waals surface area contributed by atoms with Crippen molar-refractivity contribution in [2.45, 2.75) is 27.7 Å². The van der Waals surface area contributed by atoms with E-state index in [1.165, 1.54) is 0 Å². The Morgan fingerprint density at radius 2 is 0.800 bits per heavy atom. The van der Waals surface area contributed by atoms with Crippen LogP contribution in [0, 0.1) is 0 Å². The molecule has 2 rings (SSSR count). The Hall–Kier alpha value is -3.42. The smallest absolute Gasteiger partial charge is 0.339 e. The fourth-order valence-corrected chi connectivity index (χ4v) is 3.08. The lowest BCUT2D eigenvalue weighted by Crippen LogP contribution is -2.24. The van der Waals surface area contributed by atoms with E-state index in [-0.39, 0.29) is 59.5 Å². The van der Waals surface area contributed by atoms with Crippen LogP contribution < -0.4 is 0 Å². The molecule has 0 heterocycles. The van der Waals surface area contributed by atoms with Gasteiger partial charge in [0.05, 0.1) is 48.7 Å². The van der Waals surface area contributed by atoms with Gasteiger partial charge in [0, 0.05) is 0 Å². The molecule has 2 aromatic carbocycles. The Labute approximate surface area is 174 Å². The first-order valence-electron chi connectivity index (χ1n) is 9.69. The Bertz CT molecular complexity index is 898. The van der Waals surface area contributed by atoms with Gasteiger partial charge in [-0.1, -0.05) is 24.3 Å². The molecule has 8 heteroatoms. The predicted octanol–water partition coefficient (Wildman–Crippen LogP) is 3.55. The molecule has 160 valence electrons. The first-order valence-corrected chi connectivity index (χ1v) is 9.69. The maximum atomic E-state index is 12.9. The minimum absolute atomic E-state index is 0.00900. The van der Waals surface area contributed by atoms with Crippen LogP contribution in [0.5, 0.6) is 0 Å². The largest absolute Gasteiger partial charge is 0.462 e. The van der Waals surface area contributed by atoms with Gasteiger partial charge in [-0.2, -0.15) is 0 Å². The molecule has 0 aliphatic heterocycles. The first-order chi connectivity index (χ1) is 14.4. The summed E-state index contributed by atoms with van der Waals surface area (Å²) in [5.41, 5.74) is -1.09. The third kappa shape index (κ3) is 4.42. The molecule has 0 aromatic heterocycles. The van der Waals surface area contributed by atoms with Gasteiger partial charge in [-0.25, -0.2) is 19.2 Å². The van der Waals surface area contributed by atoms with E-state index in [2.05, 4.69) is 0 Å². The number of benzene rings is 2. The number of fused-ring (bicyclic) bond motifs is 1. The molecule has 0 saturated heterocycles. The highest BCUT2D eigenvalue weighted by Crippen LogP contribution is 2.33. The SMILES string of the molecule is CCOC(=O)c1c(C(=O)OCC)c(C(=O)OCC)c2ccccc2c1C(=O)OCC. The van der Waals surface area contributed by atoms with Crippen molar-refractivity contribution in [3.05, 3.63) is 46.5 Å². The highest BCUT2D eigenvalue weighted by atomic mass is 16.5. The van der Waals surface area contributed by atoms with Crippen LogP contribution >= 0.6 is 0 Å². The van der Waals surface area contributed by atoms with Gasteiger partial charge in [-0.15, -0.1) is 0 Å². The van der Waals surface area contributed by atoms with Crippen molar-refractivity contribution in [2.24, 2.45) is 0 Å². The fraction of sp³-hybridized carbons (Fsp3) is 0.364. The lowest BCUT2D eigenvalue weighted by atomic mass is 9.88. The van der Waals surface area contributed by atoms with Gasteiger partial charge < -0.3 is 18.9 Å². The van der Waals surface area contributed by atoms with Gasteiger partial charge in [-0.3, -0.25) is 0 Å². The maximum Gasteiger partial charge on any atom is 0.339 e. The van der Waals surface area contributed by atoms with Crippen LogP contribution in [0.1, 0.15) is 69.1 Å². The molecule has 0 unspecified atom stereocenters. The standard InChI is InChI=1S/C22H24O8/c1-5-27-19(23)15-13-11-9-10-12-14(13)16(20(24)28-6-2)18(22(26)30-8-4)17(15)21(25)29-7-3/h9-12H,5-8H2,1-4H3. The summed E-state index contributed by atoms with van der Waals surface area (Å²) < 4.78 is 20.5. The predicted molar refractivity (Wildman–Crippen MR) is 108 cm³/mol. The van der Waals surface area contributed by atoms with Gasteiger partial charge in [0.1, 0.15) is 0 Å². The molecule has 8 nitrogen and oxygen atoms in total. The molecule has 0 radical (unpaired) electrons. The van der Waals surface area contributed by atoms with Crippen molar-refractivity contribution in [1.29, 1.82) is 0 Å². The summed E-state index contributed by atoms with van der Waals surface area (Å²) >= 11 is 0. The number of carbonyl (C=O) groups excluding carboxylic acids is 4. The lowest BCUT2D eigenvalue weighted by Gasteiger charge is -2.19. The van der Waals surface area contributed by atoms with Gasteiger partial charge in [0.25, 0.3) is 0 Å². The second-order valence-electron chi connectivity index (χ2n) is 5.93. The average molecular weight is 416 g/mol. The average Bonchev–Trinajstić information content (AvgIpc) is 2.72. The fourth-order valence-electron chi connectivity index (χ4n) is 3.08. The molecule has 0 N–H and O–H groups in total. The number of hydrogen-bond donors (Lipinski definition) is 0. The minimum Gasteiger partial charge on any atom is -0.462 e. The molecular weight excluding hydrogens is 392 g/mol. The zero-order chi connectivity index (χ0) is 22.3. The number of esters is 4. The molecular formula is C22H24O8. The summed E-state index contributed by atoms with van der Waals surface area (Å²) in [6.07, 6.45) is 0. The summed E-state index contributed by atoms with van der Waals surface area (Å²) in [7, 11) is 0. The molecule has 0 saturated carbocycles. The zero-order valence-corrected chi connectivity index (χ0v) is 17.4.